The van der Waals surface area contributed by atoms with E-state index in [0.29, 0.717) is 17.1 Å². The van der Waals surface area contributed by atoms with Gasteiger partial charge in [-0.2, -0.15) is 13.2 Å². The van der Waals surface area contributed by atoms with Crippen LogP contribution in [-0.4, -0.2) is 32.7 Å². The van der Waals surface area contributed by atoms with E-state index >= 15 is 0 Å². The van der Waals surface area contributed by atoms with Gasteiger partial charge in [0.2, 0.25) is 0 Å². The van der Waals surface area contributed by atoms with E-state index in [0.717, 1.165) is 30.3 Å². The lowest BCUT2D eigenvalue weighted by Gasteiger charge is -2.09. The molecule has 154 valence electrons. The summed E-state index contributed by atoms with van der Waals surface area (Å²) in [5.41, 5.74) is -0.0315. The molecule has 0 atom stereocenters. The van der Waals surface area contributed by atoms with E-state index in [1.165, 1.54) is 20.3 Å². The number of alkyl halides is 3. The van der Waals surface area contributed by atoms with Crippen molar-refractivity contribution < 1.29 is 37.0 Å². The van der Waals surface area contributed by atoms with Gasteiger partial charge in [0.05, 0.1) is 19.8 Å². The quantitative estimate of drug-likeness (QED) is 0.554. The molecule has 1 amide bonds. The molecule has 0 bridgehead atoms. The average molecular weight is 409 g/mol. The summed E-state index contributed by atoms with van der Waals surface area (Å²) in [5.74, 6) is -0.425. The summed E-state index contributed by atoms with van der Waals surface area (Å²) in [6.45, 7) is -0.587. The minimum absolute atomic E-state index is 0.153. The van der Waals surface area contributed by atoms with Crippen molar-refractivity contribution in [2.24, 2.45) is 0 Å². The Hall–Kier alpha value is -3.49. The number of benzene rings is 2. The number of methoxy groups -OCH3 is 2. The lowest BCUT2D eigenvalue weighted by Crippen LogP contribution is -2.20. The number of esters is 1. The Labute approximate surface area is 164 Å². The van der Waals surface area contributed by atoms with Crippen LogP contribution < -0.4 is 14.8 Å². The third-order valence-corrected chi connectivity index (χ3v) is 3.66. The molecule has 0 radical (unpaired) electrons. The van der Waals surface area contributed by atoms with E-state index < -0.39 is 30.2 Å². The highest BCUT2D eigenvalue weighted by molar-refractivity contribution is 5.94. The summed E-state index contributed by atoms with van der Waals surface area (Å²) in [6.07, 6.45) is -1.86. The van der Waals surface area contributed by atoms with Gasteiger partial charge in [-0.05, 0) is 48.0 Å². The van der Waals surface area contributed by atoms with Gasteiger partial charge in [-0.1, -0.05) is 6.07 Å². The third-order valence-electron chi connectivity index (χ3n) is 3.66. The predicted octanol–water partition coefficient (Wildman–Crippen LogP) is 3.92. The zero-order chi connectivity index (χ0) is 21.4. The smallest absolute Gasteiger partial charge is 0.416 e. The molecule has 0 aliphatic carbocycles. The molecule has 0 saturated carbocycles. The molecule has 2 aromatic carbocycles. The number of halogens is 3. The van der Waals surface area contributed by atoms with Crippen LogP contribution in [0.15, 0.2) is 48.5 Å². The Bertz CT molecular complexity index is 892. The summed E-state index contributed by atoms with van der Waals surface area (Å²) in [6, 6.07) is 8.92. The minimum Gasteiger partial charge on any atom is -0.493 e. The second-order valence-electron chi connectivity index (χ2n) is 5.68. The molecule has 2 rings (SSSR count). The summed E-state index contributed by atoms with van der Waals surface area (Å²) in [7, 11) is 2.98. The van der Waals surface area contributed by atoms with Gasteiger partial charge in [0, 0.05) is 11.8 Å². The predicted molar refractivity (Wildman–Crippen MR) is 99.6 cm³/mol. The number of amides is 1. The van der Waals surface area contributed by atoms with Gasteiger partial charge in [-0.25, -0.2) is 4.79 Å². The fourth-order valence-corrected chi connectivity index (χ4v) is 2.25. The van der Waals surface area contributed by atoms with Crippen LogP contribution in [0, 0.1) is 0 Å². The first-order chi connectivity index (χ1) is 13.7. The van der Waals surface area contributed by atoms with Crippen molar-refractivity contribution in [1.82, 2.24) is 0 Å². The van der Waals surface area contributed by atoms with Gasteiger partial charge >= 0.3 is 12.1 Å². The van der Waals surface area contributed by atoms with Gasteiger partial charge in [0.25, 0.3) is 5.91 Å². The van der Waals surface area contributed by atoms with E-state index in [4.69, 9.17) is 14.2 Å². The Morgan fingerprint density at radius 2 is 1.66 bits per heavy atom. The molecule has 0 fully saturated rings. The lowest BCUT2D eigenvalue weighted by molar-refractivity contribution is -0.142. The molecule has 9 heteroatoms. The SMILES string of the molecule is COc1ccc(C=CC(=O)OCC(=O)Nc2ccc(C(F)(F)F)cc2)cc1OC. The standard InChI is InChI=1S/C20H18F3NO5/c1-27-16-9-3-13(11-17(16)28-2)4-10-19(26)29-12-18(25)24-15-7-5-14(6-8-15)20(21,22)23/h3-11H,12H2,1-2H3,(H,24,25). The number of hydrogen-bond acceptors (Lipinski definition) is 5. The van der Waals surface area contributed by atoms with Crippen molar-refractivity contribution in [1.29, 1.82) is 0 Å². The average Bonchev–Trinajstić information content (AvgIpc) is 2.70. The summed E-state index contributed by atoms with van der Waals surface area (Å²) < 4.78 is 52.6. The Balaban J connectivity index is 1.85. The molecule has 29 heavy (non-hydrogen) atoms. The molecule has 2 aromatic rings. The largest absolute Gasteiger partial charge is 0.493 e. The number of hydrogen-bond donors (Lipinski definition) is 1. The van der Waals surface area contributed by atoms with E-state index in [1.54, 1.807) is 18.2 Å². The first kappa shape index (κ1) is 21.8. The number of nitrogens with one attached hydrogen (secondary N) is 1. The van der Waals surface area contributed by atoms with E-state index in [2.05, 4.69) is 5.32 Å². The van der Waals surface area contributed by atoms with Crippen LogP contribution in [0.4, 0.5) is 18.9 Å². The molecule has 1 N–H and O–H groups in total. The van der Waals surface area contributed by atoms with Gasteiger partial charge in [-0.3, -0.25) is 4.79 Å². The van der Waals surface area contributed by atoms with Gasteiger partial charge in [0.1, 0.15) is 0 Å². The molecule has 0 saturated heterocycles. The van der Waals surface area contributed by atoms with Crippen LogP contribution >= 0.6 is 0 Å². The Morgan fingerprint density at radius 3 is 2.24 bits per heavy atom. The van der Waals surface area contributed by atoms with E-state index in [1.807, 2.05) is 0 Å². The van der Waals surface area contributed by atoms with Crippen LogP contribution in [0.2, 0.25) is 0 Å². The molecule has 0 aliphatic rings. The van der Waals surface area contributed by atoms with E-state index in [9.17, 15) is 22.8 Å². The number of ether oxygens (including phenoxy) is 3. The van der Waals surface area contributed by atoms with Gasteiger partial charge in [0.15, 0.2) is 18.1 Å². The Morgan fingerprint density at radius 1 is 1.00 bits per heavy atom. The zero-order valence-corrected chi connectivity index (χ0v) is 15.6. The summed E-state index contributed by atoms with van der Waals surface area (Å²) >= 11 is 0. The maximum absolute atomic E-state index is 12.5. The highest BCUT2D eigenvalue weighted by Crippen LogP contribution is 2.30. The van der Waals surface area contributed by atoms with Crippen molar-refractivity contribution in [3.05, 3.63) is 59.7 Å². The fraction of sp³-hybridized carbons (Fsp3) is 0.200. The molecular weight excluding hydrogens is 391 g/mol. The first-order valence-electron chi connectivity index (χ1n) is 8.27. The highest BCUT2D eigenvalue weighted by atomic mass is 19.4. The topological polar surface area (TPSA) is 73.9 Å². The number of carbonyl (C=O) groups excluding carboxylic acids is 2. The summed E-state index contributed by atoms with van der Waals surface area (Å²) in [4.78, 5) is 23.5. The van der Waals surface area contributed by atoms with Crippen molar-refractivity contribution in [3.8, 4) is 11.5 Å². The van der Waals surface area contributed by atoms with Gasteiger partial charge < -0.3 is 19.5 Å². The lowest BCUT2D eigenvalue weighted by atomic mass is 10.2. The van der Waals surface area contributed by atoms with E-state index in [-0.39, 0.29) is 5.69 Å². The van der Waals surface area contributed by atoms with Crippen molar-refractivity contribution in [2.75, 3.05) is 26.1 Å². The normalized spacial score (nSPS) is 11.2. The van der Waals surface area contributed by atoms with Crippen LogP contribution in [-0.2, 0) is 20.5 Å². The van der Waals surface area contributed by atoms with Crippen LogP contribution in [0.25, 0.3) is 6.08 Å². The molecule has 0 heterocycles. The van der Waals surface area contributed by atoms with Crippen molar-refractivity contribution in [2.45, 2.75) is 6.18 Å². The maximum Gasteiger partial charge on any atom is 0.416 e. The number of anilines is 1. The fourth-order valence-electron chi connectivity index (χ4n) is 2.25. The molecule has 0 unspecified atom stereocenters. The van der Waals surface area contributed by atoms with Crippen LogP contribution in [0.1, 0.15) is 11.1 Å². The van der Waals surface area contributed by atoms with Gasteiger partial charge in [-0.15, -0.1) is 0 Å². The highest BCUT2D eigenvalue weighted by Gasteiger charge is 2.29. The second kappa shape index (κ2) is 9.63. The maximum atomic E-state index is 12.5. The third kappa shape index (κ3) is 6.56. The number of rotatable bonds is 7. The molecule has 0 spiro atoms. The monoisotopic (exact) mass is 409 g/mol. The Kier molecular flexibility index (Phi) is 7.24. The molecule has 0 aromatic heterocycles. The molecule has 6 nitrogen and oxygen atoms in total. The zero-order valence-electron chi connectivity index (χ0n) is 15.6. The minimum atomic E-state index is -4.46. The molecular formula is C20H18F3NO5. The second-order valence-corrected chi connectivity index (χ2v) is 5.68. The number of carbonyl (C=O) groups is 2. The summed E-state index contributed by atoms with van der Waals surface area (Å²) in [5, 5.41) is 2.34. The van der Waals surface area contributed by atoms with Crippen molar-refractivity contribution >= 4 is 23.6 Å². The molecule has 0 aliphatic heterocycles. The van der Waals surface area contributed by atoms with Crippen molar-refractivity contribution in [3.63, 3.8) is 0 Å². The van der Waals surface area contributed by atoms with Crippen LogP contribution in [0.5, 0.6) is 11.5 Å². The first-order valence-corrected chi connectivity index (χ1v) is 8.27. The van der Waals surface area contributed by atoms with Crippen LogP contribution in [0.3, 0.4) is 0 Å².